The van der Waals surface area contributed by atoms with E-state index in [4.69, 9.17) is 22.1 Å². The molecule has 2 aliphatic rings. The minimum absolute atomic E-state index is 0.0601. The molecule has 0 saturated heterocycles. The van der Waals surface area contributed by atoms with Gasteiger partial charge in [0.2, 0.25) is 5.91 Å². The van der Waals surface area contributed by atoms with Crippen molar-refractivity contribution in [3.63, 3.8) is 0 Å². The highest BCUT2D eigenvalue weighted by atomic mass is 35.5. The predicted molar refractivity (Wildman–Crippen MR) is 116 cm³/mol. The van der Waals surface area contributed by atoms with Gasteiger partial charge in [-0.2, -0.15) is 0 Å². The Balaban J connectivity index is 1.49. The standard InChI is InChI=1S/C24H25ClN2O2/c1-29-24(25)14-18(17-7-3-2-4-8-17)11-12-21(24)13-22(26)23(28)27-15-19-9-5-6-10-20(19)16-27/h2-12,22H,13-16,26H2,1H3. The molecule has 0 radical (unpaired) electrons. The first-order valence-corrected chi connectivity index (χ1v) is 10.2. The van der Waals surface area contributed by atoms with E-state index in [1.165, 1.54) is 11.1 Å². The summed E-state index contributed by atoms with van der Waals surface area (Å²) in [4.78, 5) is 14.8. The first-order valence-electron chi connectivity index (χ1n) is 9.81. The molecule has 2 atom stereocenters. The number of allylic oxidation sites excluding steroid dienone is 2. The van der Waals surface area contributed by atoms with E-state index < -0.39 is 11.1 Å². The molecule has 2 aromatic carbocycles. The fourth-order valence-electron chi connectivity index (χ4n) is 4.06. The third-order valence-corrected chi connectivity index (χ3v) is 6.29. The average Bonchev–Trinajstić information content (AvgIpc) is 3.19. The lowest BCUT2D eigenvalue weighted by Gasteiger charge is -2.34. The van der Waals surface area contributed by atoms with Crippen LogP contribution in [0.2, 0.25) is 0 Å². The van der Waals surface area contributed by atoms with Crippen LogP contribution in [0, 0.1) is 0 Å². The van der Waals surface area contributed by atoms with Gasteiger partial charge in [0.25, 0.3) is 0 Å². The van der Waals surface area contributed by atoms with Crippen molar-refractivity contribution in [3.05, 3.63) is 89.0 Å². The van der Waals surface area contributed by atoms with Gasteiger partial charge < -0.3 is 15.4 Å². The number of carbonyl (C=O) groups excluding carboxylic acids is 1. The lowest BCUT2D eigenvalue weighted by Crippen LogP contribution is -2.43. The van der Waals surface area contributed by atoms with Crippen LogP contribution in [0.15, 0.2) is 72.3 Å². The molecule has 1 heterocycles. The number of nitrogens with two attached hydrogens (primary N) is 1. The molecule has 5 heteroatoms. The maximum atomic E-state index is 12.9. The second-order valence-electron chi connectivity index (χ2n) is 7.63. The number of alkyl halides is 1. The van der Waals surface area contributed by atoms with Crippen LogP contribution >= 0.6 is 11.6 Å². The molecule has 150 valence electrons. The second kappa shape index (κ2) is 8.15. The Hall–Kier alpha value is -2.40. The van der Waals surface area contributed by atoms with Crippen LogP contribution in [0.5, 0.6) is 0 Å². The van der Waals surface area contributed by atoms with Gasteiger partial charge in [0.05, 0.1) is 6.04 Å². The molecule has 1 aliphatic heterocycles. The van der Waals surface area contributed by atoms with E-state index in [1.807, 2.05) is 47.4 Å². The Bertz CT molecular complexity index is 945. The van der Waals surface area contributed by atoms with Crippen LogP contribution < -0.4 is 5.73 Å². The summed E-state index contributed by atoms with van der Waals surface area (Å²) < 4.78 is 5.68. The summed E-state index contributed by atoms with van der Waals surface area (Å²) >= 11 is 6.84. The summed E-state index contributed by atoms with van der Waals surface area (Å²) in [6.45, 7) is 1.21. The molecule has 0 fully saturated rings. The van der Waals surface area contributed by atoms with Gasteiger partial charge >= 0.3 is 0 Å². The summed E-state index contributed by atoms with van der Waals surface area (Å²) in [5.74, 6) is -0.0601. The van der Waals surface area contributed by atoms with E-state index in [-0.39, 0.29) is 5.91 Å². The quantitative estimate of drug-likeness (QED) is 0.753. The van der Waals surface area contributed by atoms with Crippen LogP contribution in [-0.2, 0) is 22.6 Å². The van der Waals surface area contributed by atoms with Gasteiger partial charge in [0.1, 0.15) is 0 Å². The second-order valence-corrected chi connectivity index (χ2v) is 8.24. The number of ether oxygens (including phenoxy) is 1. The molecule has 0 aromatic heterocycles. The van der Waals surface area contributed by atoms with Crippen LogP contribution in [0.3, 0.4) is 0 Å². The topological polar surface area (TPSA) is 55.6 Å². The summed E-state index contributed by atoms with van der Waals surface area (Å²) in [6, 6.07) is 17.5. The van der Waals surface area contributed by atoms with Crippen molar-refractivity contribution in [1.29, 1.82) is 0 Å². The molecular weight excluding hydrogens is 384 g/mol. The summed E-state index contributed by atoms with van der Waals surface area (Å²) in [6.07, 6.45) is 4.89. The highest BCUT2D eigenvalue weighted by molar-refractivity contribution is 6.25. The van der Waals surface area contributed by atoms with Crippen LogP contribution in [0.25, 0.3) is 5.57 Å². The van der Waals surface area contributed by atoms with Crippen LogP contribution in [-0.4, -0.2) is 29.0 Å². The number of hydrogen-bond donors (Lipinski definition) is 1. The van der Waals surface area contributed by atoms with Gasteiger partial charge in [-0.15, -0.1) is 0 Å². The summed E-state index contributed by atoms with van der Waals surface area (Å²) in [5.41, 5.74) is 11.7. The van der Waals surface area contributed by atoms with Gasteiger partial charge in [-0.1, -0.05) is 78.4 Å². The zero-order valence-corrected chi connectivity index (χ0v) is 17.2. The minimum atomic E-state index is -0.994. The average molecular weight is 409 g/mol. The summed E-state index contributed by atoms with van der Waals surface area (Å²) in [7, 11) is 1.60. The third-order valence-electron chi connectivity index (χ3n) is 5.76. The van der Waals surface area contributed by atoms with Crippen molar-refractivity contribution >= 4 is 23.1 Å². The number of fused-ring (bicyclic) bond motifs is 1. The van der Waals surface area contributed by atoms with Gasteiger partial charge in [-0.05, 0) is 34.3 Å². The zero-order valence-electron chi connectivity index (χ0n) is 16.5. The van der Waals surface area contributed by atoms with E-state index in [0.717, 1.165) is 16.7 Å². The Labute approximate surface area is 176 Å². The van der Waals surface area contributed by atoms with Crippen molar-refractivity contribution in [2.24, 2.45) is 5.73 Å². The maximum absolute atomic E-state index is 12.9. The number of halogens is 1. The largest absolute Gasteiger partial charge is 0.359 e. The molecule has 4 nitrogen and oxygen atoms in total. The molecule has 1 aliphatic carbocycles. The molecule has 29 heavy (non-hydrogen) atoms. The van der Waals surface area contributed by atoms with Crippen molar-refractivity contribution in [3.8, 4) is 0 Å². The number of methoxy groups -OCH3 is 1. The number of amides is 1. The first kappa shape index (κ1) is 19.9. The summed E-state index contributed by atoms with van der Waals surface area (Å²) in [5, 5.41) is -0.994. The van der Waals surface area contributed by atoms with Crippen molar-refractivity contribution in [2.75, 3.05) is 7.11 Å². The molecule has 2 N–H and O–H groups in total. The number of hydrogen-bond acceptors (Lipinski definition) is 3. The third kappa shape index (κ3) is 4.01. The van der Waals surface area contributed by atoms with E-state index in [1.54, 1.807) is 7.11 Å². The van der Waals surface area contributed by atoms with Gasteiger partial charge in [-0.25, -0.2) is 0 Å². The van der Waals surface area contributed by atoms with Gasteiger partial charge in [0.15, 0.2) is 5.06 Å². The lowest BCUT2D eigenvalue weighted by molar-refractivity contribution is -0.133. The highest BCUT2D eigenvalue weighted by Crippen LogP contribution is 2.41. The molecule has 4 rings (SSSR count). The molecule has 0 bridgehead atoms. The van der Waals surface area contributed by atoms with Crippen molar-refractivity contribution in [1.82, 2.24) is 4.90 Å². The Morgan fingerprint density at radius 2 is 1.72 bits per heavy atom. The smallest absolute Gasteiger partial charge is 0.240 e. The molecular formula is C24H25ClN2O2. The molecule has 1 amide bonds. The SMILES string of the molecule is COC1(Cl)CC(c2ccccc2)=CC=C1CC(N)C(=O)N1Cc2ccccc2C1. The normalized spacial score (nSPS) is 22.0. The predicted octanol–water partition coefficient (Wildman–Crippen LogP) is 4.24. The van der Waals surface area contributed by atoms with Crippen molar-refractivity contribution in [2.45, 2.75) is 37.0 Å². The molecule has 0 saturated carbocycles. The Morgan fingerprint density at radius 3 is 2.34 bits per heavy atom. The van der Waals surface area contributed by atoms with Gasteiger partial charge in [-0.3, -0.25) is 4.79 Å². The minimum Gasteiger partial charge on any atom is -0.359 e. The van der Waals surface area contributed by atoms with E-state index in [0.29, 0.717) is 25.9 Å². The fourth-order valence-corrected chi connectivity index (χ4v) is 4.35. The van der Waals surface area contributed by atoms with Crippen LogP contribution in [0.1, 0.15) is 29.5 Å². The fraction of sp³-hybridized carbons (Fsp3) is 0.292. The Kier molecular flexibility index (Phi) is 5.59. The van der Waals surface area contributed by atoms with Gasteiger partial charge in [0, 0.05) is 26.6 Å². The van der Waals surface area contributed by atoms with Crippen LogP contribution in [0.4, 0.5) is 0 Å². The van der Waals surface area contributed by atoms with E-state index in [2.05, 4.69) is 24.3 Å². The first-order chi connectivity index (χ1) is 14.0. The molecule has 0 spiro atoms. The zero-order chi connectivity index (χ0) is 20.4. The lowest BCUT2D eigenvalue weighted by atomic mass is 9.87. The van der Waals surface area contributed by atoms with Crippen molar-refractivity contribution < 1.29 is 9.53 Å². The van der Waals surface area contributed by atoms with E-state index >= 15 is 0 Å². The molecule has 2 unspecified atom stereocenters. The number of carbonyl (C=O) groups is 1. The number of rotatable bonds is 5. The molecule has 2 aromatic rings. The maximum Gasteiger partial charge on any atom is 0.240 e. The number of benzene rings is 2. The monoisotopic (exact) mass is 408 g/mol. The Morgan fingerprint density at radius 1 is 1.10 bits per heavy atom. The van der Waals surface area contributed by atoms with E-state index in [9.17, 15) is 4.79 Å². The highest BCUT2D eigenvalue weighted by Gasteiger charge is 2.37. The number of nitrogens with zero attached hydrogens (tertiary/aromatic N) is 1.